The third-order valence-corrected chi connectivity index (χ3v) is 2.26. The molecule has 0 saturated carbocycles. The maximum Gasteiger partial charge on any atom is 0.0223 e. The van der Waals surface area contributed by atoms with E-state index in [2.05, 4.69) is 38.2 Å². The van der Waals surface area contributed by atoms with Gasteiger partial charge in [0.25, 0.3) is 0 Å². The highest BCUT2D eigenvalue weighted by molar-refractivity contribution is 6.17. The van der Waals surface area contributed by atoms with Crippen LogP contribution < -0.4 is 0 Å². The van der Waals surface area contributed by atoms with Crippen molar-refractivity contribution in [2.45, 2.75) is 46.0 Å². The van der Waals surface area contributed by atoms with Crippen LogP contribution >= 0.6 is 11.6 Å². The first-order valence-corrected chi connectivity index (χ1v) is 6.20. The van der Waals surface area contributed by atoms with Crippen molar-refractivity contribution in [3.63, 3.8) is 0 Å². The molecule has 0 nitrogen and oxygen atoms in total. The van der Waals surface area contributed by atoms with E-state index in [1.165, 1.54) is 32.1 Å². The molecule has 0 heterocycles. The summed E-state index contributed by atoms with van der Waals surface area (Å²) in [5.74, 6) is 1.47. The number of unbranched alkanes of at least 4 members (excludes halogenated alkanes) is 4. The zero-order valence-corrected chi connectivity index (χ0v) is 10.3. The van der Waals surface area contributed by atoms with Gasteiger partial charge in [-0.2, -0.15) is 0 Å². The van der Waals surface area contributed by atoms with E-state index in [1.54, 1.807) is 0 Å². The van der Waals surface area contributed by atoms with Crippen molar-refractivity contribution in [1.82, 2.24) is 0 Å². The molecule has 0 aliphatic heterocycles. The second kappa shape index (κ2) is 10.8. The highest BCUT2D eigenvalue weighted by atomic mass is 35.5. The summed E-state index contributed by atoms with van der Waals surface area (Å²) in [5, 5.41) is 0. The Kier molecular flexibility index (Phi) is 10.7. The molecule has 0 fully saturated rings. The van der Waals surface area contributed by atoms with Crippen molar-refractivity contribution in [2.75, 3.05) is 5.88 Å². The third kappa shape index (κ3) is 11.8. The lowest BCUT2D eigenvalue weighted by molar-refractivity contribution is 0.677. The maximum absolute atomic E-state index is 5.59. The van der Waals surface area contributed by atoms with E-state index in [9.17, 15) is 0 Å². The Balaban J connectivity index is 3.19. The molecule has 82 valence electrons. The van der Waals surface area contributed by atoms with Gasteiger partial charge in [-0.3, -0.25) is 0 Å². The van der Waals surface area contributed by atoms with Crippen LogP contribution in [-0.4, -0.2) is 5.88 Å². The van der Waals surface area contributed by atoms with Gasteiger partial charge in [-0.05, 0) is 25.2 Å². The summed E-state index contributed by atoms with van der Waals surface area (Å²) in [6.07, 6.45) is 15.0. The summed E-state index contributed by atoms with van der Waals surface area (Å²) in [6, 6.07) is 0. The quantitative estimate of drug-likeness (QED) is 0.305. The van der Waals surface area contributed by atoms with Crippen LogP contribution in [0, 0.1) is 5.92 Å². The molecule has 1 heteroatoms. The van der Waals surface area contributed by atoms with Gasteiger partial charge in [-0.1, -0.05) is 51.0 Å². The molecular weight excluding hydrogens is 192 g/mol. The van der Waals surface area contributed by atoms with Crippen LogP contribution in [0.5, 0.6) is 0 Å². The van der Waals surface area contributed by atoms with Crippen LogP contribution in [-0.2, 0) is 0 Å². The minimum absolute atomic E-state index is 0.656. The minimum atomic E-state index is 0.656. The number of hydrogen-bond donors (Lipinski definition) is 0. The van der Waals surface area contributed by atoms with Gasteiger partial charge in [0.15, 0.2) is 0 Å². The Morgan fingerprint density at radius 3 is 2.36 bits per heavy atom. The molecular formula is C13H23Cl. The lowest BCUT2D eigenvalue weighted by Gasteiger charge is -1.95. The Morgan fingerprint density at radius 2 is 1.71 bits per heavy atom. The van der Waals surface area contributed by atoms with Gasteiger partial charge >= 0.3 is 0 Å². The molecule has 0 aromatic heterocycles. The molecule has 14 heavy (non-hydrogen) atoms. The normalized spacial score (nSPS) is 12.3. The molecule has 0 aromatic rings. The van der Waals surface area contributed by atoms with Crippen molar-refractivity contribution in [3.05, 3.63) is 24.3 Å². The smallest absolute Gasteiger partial charge is 0.0223 e. The highest BCUT2D eigenvalue weighted by Gasteiger charge is 1.86. The standard InChI is InChI=1S/C13H23Cl/c1-13(2)11-9-7-5-3-4-6-8-10-12-14/h5,7,9,11,13H,3-4,6,8,10,12H2,1-2H3. The second-order valence-corrected chi connectivity index (χ2v) is 4.33. The number of halogens is 1. The van der Waals surface area contributed by atoms with E-state index in [0.717, 1.165) is 5.88 Å². The topological polar surface area (TPSA) is 0 Å². The molecule has 0 bridgehead atoms. The first-order valence-electron chi connectivity index (χ1n) is 5.66. The van der Waals surface area contributed by atoms with Gasteiger partial charge in [0.2, 0.25) is 0 Å². The van der Waals surface area contributed by atoms with Crippen LogP contribution in [0.15, 0.2) is 24.3 Å². The Bertz CT molecular complexity index is 157. The fraction of sp³-hybridized carbons (Fsp3) is 0.692. The summed E-state index contributed by atoms with van der Waals surface area (Å²) in [7, 11) is 0. The minimum Gasteiger partial charge on any atom is -0.127 e. The molecule has 0 amide bonds. The molecule has 0 N–H and O–H groups in total. The average molecular weight is 215 g/mol. The first-order chi connectivity index (χ1) is 6.77. The molecule has 0 aromatic carbocycles. The van der Waals surface area contributed by atoms with Crippen molar-refractivity contribution in [1.29, 1.82) is 0 Å². The molecule has 0 saturated heterocycles. The largest absolute Gasteiger partial charge is 0.127 e. The lowest BCUT2D eigenvalue weighted by atomic mass is 10.1. The third-order valence-electron chi connectivity index (χ3n) is 2.00. The fourth-order valence-electron chi connectivity index (χ4n) is 1.17. The Labute approximate surface area is 94.0 Å². The Hall–Kier alpha value is -0.230. The SMILES string of the molecule is CC(C)C=CC=CCCCCCCCl. The summed E-state index contributed by atoms with van der Waals surface area (Å²) < 4.78 is 0. The first kappa shape index (κ1) is 13.8. The lowest BCUT2D eigenvalue weighted by Crippen LogP contribution is -1.78. The van der Waals surface area contributed by atoms with Crippen LogP contribution in [0.1, 0.15) is 46.0 Å². The van der Waals surface area contributed by atoms with Crippen molar-refractivity contribution >= 4 is 11.6 Å². The van der Waals surface area contributed by atoms with E-state index in [-0.39, 0.29) is 0 Å². The second-order valence-electron chi connectivity index (χ2n) is 3.95. The van der Waals surface area contributed by atoms with E-state index in [4.69, 9.17) is 11.6 Å². The molecule has 0 radical (unpaired) electrons. The van der Waals surface area contributed by atoms with Gasteiger partial charge in [-0.25, -0.2) is 0 Å². The van der Waals surface area contributed by atoms with Crippen molar-refractivity contribution < 1.29 is 0 Å². The number of hydrogen-bond acceptors (Lipinski definition) is 0. The summed E-state index contributed by atoms with van der Waals surface area (Å²) in [4.78, 5) is 0. The maximum atomic E-state index is 5.59. The van der Waals surface area contributed by atoms with E-state index >= 15 is 0 Å². The summed E-state index contributed by atoms with van der Waals surface area (Å²) in [6.45, 7) is 4.38. The molecule has 0 rings (SSSR count). The van der Waals surface area contributed by atoms with E-state index < -0.39 is 0 Å². The van der Waals surface area contributed by atoms with Crippen LogP contribution in [0.2, 0.25) is 0 Å². The molecule has 0 aliphatic rings. The van der Waals surface area contributed by atoms with E-state index in [0.29, 0.717) is 5.92 Å². The van der Waals surface area contributed by atoms with Crippen LogP contribution in [0.3, 0.4) is 0 Å². The molecule has 0 unspecified atom stereocenters. The van der Waals surface area contributed by atoms with Crippen molar-refractivity contribution in [3.8, 4) is 0 Å². The van der Waals surface area contributed by atoms with Crippen LogP contribution in [0.4, 0.5) is 0 Å². The highest BCUT2D eigenvalue weighted by Crippen LogP contribution is 2.04. The average Bonchev–Trinajstić information content (AvgIpc) is 2.15. The molecule has 0 spiro atoms. The van der Waals surface area contributed by atoms with Gasteiger partial charge in [0, 0.05) is 5.88 Å². The number of rotatable bonds is 8. The van der Waals surface area contributed by atoms with Gasteiger partial charge in [-0.15, -0.1) is 11.6 Å². The van der Waals surface area contributed by atoms with Crippen molar-refractivity contribution in [2.24, 2.45) is 5.92 Å². The zero-order valence-electron chi connectivity index (χ0n) is 9.51. The molecule has 0 aliphatic carbocycles. The summed E-state index contributed by atoms with van der Waals surface area (Å²) >= 11 is 5.59. The fourth-order valence-corrected chi connectivity index (χ4v) is 1.36. The van der Waals surface area contributed by atoms with Gasteiger partial charge < -0.3 is 0 Å². The predicted molar refractivity (Wildman–Crippen MR) is 66.9 cm³/mol. The number of alkyl halides is 1. The number of allylic oxidation sites excluding steroid dienone is 4. The summed E-state index contributed by atoms with van der Waals surface area (Å²) in [5.41, 5.74) is 0. The van der Waals surface area contributed by atoms with Gasteiger partial charge in [0.1, 0.15) is 0 Å². The van der Waals surface area contributed by atoms with E-state index in [1.807, 2.05) is 0 Å². The Morgan fingerprint density at radius 1 is 1.00 bits per heavy atom. The molecule has 0 atom stereocenters. The van der Waals surface area contributed by atoms with Gasteiger partial charge in [0.05, 0.1) is 0 Å². The van der Waals surface area contributed by atoms with Crippen LogP contribution in [0.25, 0.3) is 0 Å². The predicted octanol–water partition coefficient (Wildman–Crippen LogP) is 4.94. The monoisotopic (exact) mass is 214 g/mol. The zero-order chi connectivity index (χ0) is 10.6.